The van der Waals surface area contributed by atoms with Crippen molar-refractivity contribution in [3.05, 3.63) is 59.7 Å². The number of para-hydroxylation sites is 2. The highest BCUT2D eigenvalue weighted by Crippen LogP contribution is 2.29. The molecule has 0 radical (unpaired) electrons. The zero-order chi connectivity index (χ0) is 22.5. The monoisotopic (exact) mass is 438 g/mol. The predicted molar refractivity (Wildman–Crippen MR) is 129 cm³/mol. The van der Waals surface area contributed by atoms with Gasteiger partial charge in [0.15, 0.2) is 0 Å². The first-order chi connectivity index (χ1) is 15.5. The molecule has 2 aromatic rings. The van der Waals surface area contributed by atoms with Gasteiger partial charge in [0.2, 0.25) is 0 Å². The van der Waals surface area contributed by atoms with Gasteiger partial charge in [0.05, 0.1) is 0 Å². The summed E-state index contributed by atoms with van der Waals surface area (Å²) >= 11 is 0. The summed E-state index contributed by atoms with van der Waals surface area (Å²) in [5, 5.41) is 20.7. The minimum absolute atomic E-state index is 0.193. The Bertz CT molecular complexity index is 789. The molecule has 2 unspecified atom stereocenters. The molecule has 174 valence electrons. The fourth-order valence-corrected chi connectivity index (χ4v) is 5.11. The highest BCUT2D eigenvalue weighted by atomic mass is 16.3. The summed E-state index contributed by atoms with van der Waals surface area (Å²) in [6.45, 7) is 14.7. The Kier molecular flexibility index (Phi) is 7.68. The van der Waals surface area contributed by atoms with Crippen molar-refractivity contribution in [3.63, 3.8) is 0 Å². The van der Waals surface area contributed by atoms with Crippen LogP contribution in [-0.4, -0.2) is 95.3 Å². The van der Waals surface area contributed by atoms with E-state index >= 15 is 0 Å². The average Bonchev–Trinajstić information content (AvgIpc) is 2.96. The molecule has 6 nitrogen and oxygen atoms in total. The minimum Gasteiger partial charge on any atom is -0.508 e. The largest absolute Gasteiger partial charge is 0.508 e. The number of phenols is 2. The summed E-state index contributed by atoms with van der Waals surface area (Å²) in [5.41, 5.74) is 2.03. The average molecular weight is 439 g/mol. The molecule has 0 aliphatic carbocycles. The molecule has 2 bridgehead atoms. The van der Waals surface area contributed by atoms with E-state index in [0.717, 1.165) is 76.6 Å². The van der Waals surface area contributed by atoms with Crippen molar-refractivity contribution in [1.82, 2.24) is 19.6 Å². The maximum absolute atomic E-state index is 10.4. The second kappa shape index (κ2) is 10.7. The van der Waals surface area contributed by atoms with Gasteiger partial charge in [-0.15, -0.1) is 0 Å². The van der Waals surface area contributed by atoms with E-state index in [4.69, 9.17) is 0 Å². The molecule has 2 fully saturated rings. The van der Waals surface area contributed by atoms with Gasteiger partial charge in [0, 0.05) is 88.7 Å². The maximum Gasteiger partial charge on any atom is 0.120 e. The predicted octanol–water partition coefficient (Wildman–Crippen LogP) is 3.16. The normalized spacial score (nSPS) is 25.6. The Hall–Kier alpha value is -2.12. The molecule has 0 amide bonds. The molecule has 2 aromatic carbocycles. The van der Waals surface area contributed by atoms with E-state index in [-0.39, 0.29) is 12.1 Å². The van der Waals surface area contributed by atoms with Crippen LogP contribution in [0.4, 0.5) is 0 Å². The fraction of sp³-hybridized carbons (Fsp3) is 0.538. The van der Waals surface area contributed by atoms with E-state index in [1.54, 1.807) is 12.1 Å². The Morgan fingerprint density at radius 1 is 0.531 bits per heavy atom. The van der Waals surface area contributed by atoms with Crippen LogP contribution in [0, 0.1) is 0 Å². The molecule has 2 saturated heterocycles. The van der Waals surface area contributed by atoms with Crippen molar-refractivity contribution in [2.45, 2.75) is 25.9 Å². The van der Waals surface area contributed by atoms with Crippen LogP contribution in [0.5, 0.6) is 11.5 Å². The van der Waals surface area contributed by atoms with Crippen molar-refractivity contribution in [2.24, 2.45) is 0 Å². The fourth-order valence-electron chi connectivity index (χ4n) is 5.11. The SMILES string of the molecule is CC(c1ccccc1O)N1CCN2CCN(CC1)CCN(C(C)c1ccccc1O)CC2. The van der Waals surface area contributed by atoms with Crippen LogP contribution >= 0.6 is 0 Å². The van der Waals surface area contributed by atoms with Crippen molar-refractivity contribution >= 4 is 0 Å². The molecule has 0 spiro atoms. The lowest BCUT2D eigenvalue weighted by Crippen LogP contribution is -2.43. The van der Waals surface area contributed by atoms with Crippen LogP contribution in [-0.2, 0) is 0 Å². The van der Waals surface area contributed by atoms with E-state index in [1.807, 2.05) is 36.4 Å². The van der Waals surface area contributed by atoms with Gasteiger partial charge in [-0.1, -0.05) is 36.4 Å². The molecule has 2 aliphatic rings. The molecule has 2 aliphatic heterocycles. The summed E-state index contributed by atoms with van der Waals surface area (Å²) in [7, 11) is 0. The van der Waals surface area contributed by atoms with E-state index in [0.29, 0.717) is 11.5 Å². The number of aromatic hydroxyl groups is 2. The van der Waals surface area contributed by atoms with Crippen LogP contribution in [0.1, 0.15) is 37.1 Å². The molecule has 0 aromatic heterocycles. The Morgan fingerprint density at radius 3 is 1.19 bits per heavy atom. The molecular weight excluding hydrogens is 400 g/mol. The lowest BCUT2D eigenvalue weighted by atomic mass is 10.1. The molecule has 0 saturated carbocycles. The summed E-state index contributed by atoms with van der Waals surface area (Å²) in [5.74, 6) is 0.784. The minimum atomic E-state index is 0.193. The third kappa shape index (κ3) is 5.44. The van der Waals surface area contributed by atoms with Crippen LogP contribution in [0.2, 0.25) is 0 Å². The molecule has 32 heavy (non-hydrogen) atoms. The third-order valence-corrected chi connectivity index (χ3v) is 7.42. The smallest absolute Gasteiger partial charge is 0.120 e. The van der Waals surface area contributed by atoms with Gasteiger partial charge in [0.1, 0.15) is 11.5 Å². The van der Waals surface area contributed by atoms with Crippen molar-refractivity contribution in [1.29, 1.82) is 0 Å². The number of benzene rings is 2. The number of fused-ring (bicyclic) bond motifs is 3. The Labute approximate surface area is 192 Å². The second-order valence-corrected chi connectivity index (χ2v) is 9.22. The van der Waals surface area contributed by atoms with Gasteiger partial charge in [0.25, 0.3) is 0 Å². The summed E-state index contributed by atoms with van der Waals surface area (Å²) in [6.07, 6.45) is 0. The molecule has 6 heteroatoms. The van der Waals surface area contributed by atoms with E-state index in [9.17, 15) is 10.2 Å². The second-order valence-electron chi connectivity index (χ2n) is 9.22. The van der Waals surface area contributed by atoms with Gasteiger partial charge in [-0.3, -0.25) is 19.6 Å². The van der Waals surface area contributed by atoms with Crippen molar-refractivity contribution in [3.8, 4) is 11.5 Å². The van der Waals surface area contributed by atoms with Crippen LogP contribution < -0.4 is 0 Å². The summed E-state index contributed by atoms with van der Waals surface area (Å²) in [4.78, 5) is 10.2. The van der Waals surface area contributed by atoms with Crippen molar-refractivity contribution in [2.75, 3.05) is 65.4 Å². The molecular formula is C26H38N4O2. The van der Waals surface area contributed by atoms with Crippen molar-refractivity contribution < 1.29 is 10.2 Å². The quantitative estimate of drug-likeness (QED) is 0.765. The lowest BCUT2D eigenvalue weighted by molar-refractivity contribution is 0.133. The van der Waals surface area contributed by atoms with Gasteiger partial charge >= 0.3 is 0 Å². The highest BCUT2D eigenvalue weighted by Gasteiger charge is 2.26. The topological polar surface area (TPSA) is 53.4 Å². The number of phenolic OH excluding ortho intramolecular Hbond substituents is 2. The first-order valence-corrected chi connectivity index (χ1v) is 12.0. The number of rotatable bonds is 4. The molecule has 2 heterocycles. The summed E-state index contributed by atoms with van der Waals surface area (Å²) in [6, 6.07) is 15.9. The highest BCUT2D eigenvalue weighted by molar-refractivity contribution is 5.35. The first kappa shape index (κ1) is 23.1. The number of hydrogen-bond acceptors (Lipinski definition) is 6. The standard InChI is InChI=1S/C26H38N4O2/c1-21(23-7-3-5-9-25(23)31)29-17-13-27-11-12-28(14-18-29)16-20-30(19-15-27)22(2)24-8-4-6-10-26(24)32/h3-10,21-22,31-32H,11-20H2,1-2H3. The third-order valence-electron chi connectivity index (χ3n) is 7.42. The zero-order valence-electron chi connectivity index (χ0n) is 19.5. The van der Waals surface area contributed by atoms with E-state index < -0.39 is 0 Å². The van der Waals surface area contributed by atoms with Gasteiger partial charge in [-0.2, -0.15) is 0 Å². The number of hydrogen-bond donors (Lipinski definition) is 2. The van der Waals surface area contributed by atoms with Gasteiger partial charge in [-0.05, 0) is 26.0 Å². The first-order valence-electron chi connectivity index (χ1n) is 12.0. The summed E-state index contributed by atoms with van der Waals surface area (Å²) < 4.78 is 0. The van der Waals surface area contributed by atoms with Gasteiger partial charge < -0.3 is 10.2 Å². The Balaban J connectivity index is 1.46. The molecule has 4 rings (SSSR count). The van der Waals surface area contributed by atoms with Crippen LogP contribution in [0.3, 0.4) is 0 Å². The molecule has 2 N–H and O–H groups in total. The Morgan fingerprint density at radius 2 is 0.844 bits per heavy atom. The number of nitrogens with zero attached hydrogens (tertiary/aromatic N) is 4. The van der Waals surface area contributed by atoms with E-state index in [2.05, 4.69) is 33.4 Å². The lowest BCUT2D eigenvalue weighted by Gasteiger charge is -2.35. The van der Waals surface area contributed by atoms with Crippen LogP contribution in [0.25, 0.3) is 0 Å². The maximum atomic E-state index is 10.4. The molecule has 2 atom stereocenters. The zero-order valence-corrected chi connectivity index (χ0v) is 19.5. The van der Waals surface area contributed by atoms with E-state index in [1.165, 1.54) is 0 Å². The van der Waals surface area contributed by atoms with Crippen LogP contribution in [0.15, 0.2) is 48.5 Å². The van der Waals surface area contributed by atoms with Gasteiger partial charge in [-0.25, -0.2) is 0 Å².